The normalized spacial score (nSPS) is 15.0. The summed E-state index contributed by atoms with van der Waals surface area (Å²) in [4.78, 5) is 0. The van der Waals surface area contributed by atoms with Crippen molar-refractivity contribution < 1.29 is 35.8 Å². The van der Waals surface area contributed by atoms with Crippen molar-refractivity contribution in [2.45, 2.75) is 64.7 Å². The lowest BCUT2D eigenvalue weighted by Crippen LogP contribution is -2.35. The molecule has 2 aliphatic carbocycles. The average molecular weight is 859 g/mol. The minimum absolute atomic E-state index is 0.140. The van der Waals surface area contributed by atoms with E-state index in [0.29, 0.717) is 38.0 Å². The van der Waals surface area contributed by atoms with Crippen molar-refractivity contribution in [3.63, 3.8) is 0 Å². The zero-order valence-electron chi connectivity index (χ0n) is 35.6. The van der Waals surface area contributed by atoms with Gasteiger partial charge in [-0.15, -0.1) is 13.2 Å². The topological polar surface area (TPSA) is 112 Å². The van der Waals surface area contributed by atoms with Gasteiger partial charge in [0.15, 0.2) is 0 Å². The van der Waals surface area contributed by atoms with Gasteiger partial charge in [-0.05, 0) is 133 Å². The number of hydrogen-bond acceptors (Lipinski definition) is 8. The molecule has 0 amide bonds. The van der Waals surface area contributed by atoms with Crippen LogP contribution in [0.5, 0.6) is 23.0 Å². The first-order valence-corrected chi connectivity index (χ1v) is 23.8. The second kappa shape index (κ2) is 22.3. The van der Waals surface area contributed by atoms with Crippen molar-refractivity contribution in [2.75, 3.05) is 39.9 Å². The third-order valence-electron chi connectivity index (χ3n) is 11.2. The average Bonchev–Trinajstić information content (AvgIpc) is 4.19. The fourth-order valence-corrected chi connectivity index (χ4v) is 11.1. The monoisotopic (exact) mass is 858 g/mol. The summed E-state index contributed by atoms with van der Waals surface area (Å²) in [5.41, 5.74) is 3.72. The van der Waals surface area contributed by atoms with E-state index in [9.17, 15) is 16.8 Å². The van der Waals surface area contributed by atoms with Crippen LogP contribution in [0.15, 0.2) is 122 Å². The second-order valence-corrected chi connectivity index (χ2v) is 19.8. The minimum Gasteiger partial charge on any atom is -0.497 e. The van der Waals surface area contributed by atoms with E-state index in [-0.39, 0.29) is 23.3 Å². The van der Waals surface area contributed by atoms with Crippen LogP contribution in [0.1, 0.15) is 60.8 Å². The molecule has 0 unspecified atom stereocenters. The van der Waals surface area contributed by atoms with Crippen molar-refractivity contribution in [2.24, 2.45) is 23.7 Å². The molecule has 0 heterocycles. The lowest BCUT2D eigenvalue weighted by atomic mass is 10.0. The van der Waals surface area contributed by atoms with Crippen LogP contribution in [0.4, 0.5) is 0 Å². The van der Waals surface area contributed by atoms with Crippen LogP contribution in [0, 0.1) is 23.7 Å². The van der Waals surface area contributed by atoms with Crippen molar-refractivity contribution in [1.82, 2.24) is 8.61 Å². The first-order valence-electron chi connectivity index (χ1n) is 20.6. The van der Waals surface area contributed by atoms with Gasteiger partial charge in [-0.25, -0.2) is 16.8 Å². The minimum atomic E-state index is -3.45. The molecule has 0 bridgehead atoms. The SMILES string of the molecule is C=CC[C@@H](CS(=O)(=O)N(Cc1ccc(OC)cc1)Cc1ccc(OC)cc1)C1CC1.C=CC[C@H](CS(=O)(=O)N(Cc1ccc(OC)cc1)Cc1ccc(OC)cc1)C1CC1. The Hall–Kier alpha value is -4.62. The zero-order chi connectivity index (χ0) is 43.1. The van der Waals surface area contributed by atoms with Crippen LogP contribution in [0.2, 0.25) is 0 Å². The Labute approximate surface area is 358 Å². The van der Waals surface area contributed by atoms with Gasteiger partial charge < -0.3 is 18.9 Å². The summed E-state index contributed by atoms with van der Waals surface area (Å²) in [6, 6.07) is 30.2. The number of sulfonamides is 2. The quantitative estimate of drug-likeness (QED) is 0.0642. The van der Waals surface area contributed by atoms with E-state index >= 15 is 0 Å². The van der Waals surface area contributed by atoms with Gasteiger partial charge in [0, 0.05) is 26.2 Å². The highest BCUT2D eigenvalue weighted by Crippen LogP contribution is 2.41. The predicted octanol–water partition coefficient (Wildman–Crippen LogP) is 9.28. The van der Waals surface area contributed by atoms with E-state index in [1.807, 2.05) is 109 Å². The van der Waals surface area contributed by atoms with E-state index in [4.69, 9.17) is 18.9 Å². The third-order valence-corrected chi connectivity index (χ3v) is 15.0. The maximum absolute atomic E-state index is 13.4. The fraction of sp³-hybridized carbons (Fsp3) is 0.417. The van der Waals surface area contributed by atoms with Crippen LogP contribution in [0.3, 0.4) is 0 Å². The molecule has 2 fully saturated rings. The molecule has 6 rings (SSSR count). The molecule has 324 valence electrons. The Morgan fingerprint density at radius 2 is 0.717 bits per heavy atom. The summed E-state index contributed by atoms with van der Waals surface area (Å²) in [6.07, 6.45) is 9.63. The molecule has 0 saturated heterocycles. The molecule has 4 aromatic rings. The first-order chi connectivity index (χ1) is 28.9. The molecular weight excluding hydrogens is 797 g/mol. The Morgan fingerprint density at radius 3 is 0.900 bits per heavy atom. The van der Waals surface area contributed by atoms with Gasteiger partial charge >= 0.3 is 0 Å². The van der Waals surface area contributed by atoms with Crippen LogP contribution < -0.4 is 18.9 Å². The van der Waals surface area contributed by atoms with Crippen LogP contribution in [-0.2, 0) is 46.2 Å². The van der Waals surface area contributed by atoms with Gasteiger partial charge in [0.25, 0.3) is 0 Å². The maximum atomic E-state index is 13.4. The van der Waals surface area contributed by atoms with E-state index in [1.54, 1.807) is 37.0 Å². The van der Waals surface area contributed by atoms with Crippen molar-refractivity contribution in [3.8, 4) is 23.0 Å². The molecule has 10 nitrogen and oxygen atoms in total. The number of ether oxygens (including phenoxy) is 4. The number of allylic oxidation sites excluding steroid dienone is 2. The molecule has 2 aliphatic rings. The molecule has 0 aliphatic heterocycles. The number of methoxy groups -OCH3 is 4. The summed E-state index contributed by atoms with van der Waals surface area (Å²) in [5, 5.41) is 0. The van der Waals surface area contributed by atoms with Crippen LogP contribution in [0.25, 0.3) is 0 Å². The van der Waals surface area contributed by atoms with E-state index in [0.717, 1.165) is 83.8 Å². The molecule has 12 heteroatoms. The van der Waals surface area contributed by atoms with Gasteiger partial charge in [0.1, 0.15) is 23.0 Å². The predicted molar refractivity (Wildman–Crippen MR) is 240 cm³/mol. The molecule has 0 N–H and O–H groups in total. The van der Waals surface area contributed by atoms with Gasteiger partial charge in [-0.3, -0.25) is 0 Å². The summed E-state index contributed by atoms with van der Waals surface area (Å²) in [6.45, 7) is 8.94. The highest BCUT2D eigenvalue weighted by atomic mass is 32.2. The highest BCUT2D eigenvalue weighted by molar-refractivity contribution is 7.89. The molecule has 2 saturated carbocycles. The van der Waals surface area contributed by atoms with Gasteiger partial charge in [-0.1, -0.05) is 60.7 Å². The van der Waals surface area contributed by atoms with Gasteiger partial charge in [-0.2, -0.15) is 8.61 Å². The lowest BCUT2D eigenvalue weighted by Gasteiger charge is -2.25. The lowest BCUT2D eigenvalue weighted by molar-refractivity contribution is 0.387. The highest BCUT2D eigenvalue weighted by Gasteiger charge is 2.37. The number of hydrogen-bond donors (Lipinski definition) is 0. The van der Waals surface area contributed by atoms with Crippen molar-refractivity contribution in [3.05, 3.63) is 145 Å². The zero-order valence-corrected chi connectivity index (χ0v) is 37.2. The maximum Gasteiger partial charge on any atom is 0.215 e. The molecule has 4 aromatic carbocycles. The van der Waals surface area contributed by atoms with Crippen LogP contribution >= 0.6 is 0 Å². The number of nitrogens with zero attached hydrogens (tertiary/aromatic N) is 2. The summed E-state index contributed by atoms with van der Waals surface area (Å²) in [7, 11) is -0.435. The molecule has 0 spiro atoms. The van der Waals surface area contributed by atoms with Crippen molar-refractivity contribution >= 4 is 20.0 Å². The summed E-state index contributed by atoms with van der Waals surface area (Å²) in [5.74, 6) is 4.62. The molecule has 2 atom stereocenters. The Bertz CT molecular complexity index is 1900. The van der Waals surface area contributed by atoms with Gasteiger partial charge in [0.2, 0.25) is 20.0 Å². The standard InChI is InChI=1S/2C24H31NO4S/c2*1-4-5-22(21-10-11-21)18-30(26,27)25(16-19-6-12-23(28-2)13-7-19)17-20-8-14-24(29-3)15-9-20/h2*4,6-9,12-15,21-22H,1,5,10-11,16-18H2,2-3H3/t2*22-/m10/s1. The largest absolute Gasteiger partial charge is 0.497 e. The third kappa shape index (κ3) is 14.2. The molecular formula is C48H62N2O8S2. The summed E-state index contributed by atoms with van der Waals surface area (Å²) >= 11 is 0. The van der Waals surface area contributed by atoms with E-state index in [2.05, 4.69) is 13.2 Å². The number of benzene rings is 4. The van der Waals surface area contributed by atoms with Crippen LogP contribution in [-0.4, -0.2) is 65.4 Å². The molecule has 0 aromatic heterocycles. The Kier molecular flexibility index (Phi) is 17.3. The van der Waals surface area contributed by atoms with Gasteiger partial charge in [0.05, 0.1) is 39.9 Å². The second-order valence-electron chi connectivity index (χ2n) is 15.7. The van der Waals surface area contributed by atoms with Crippen molar-refractivity contribution in [1.29, 1.82) is 0 Å². The molecule has 60 heavy (non-hydrogen) atoms. The number of rotatable bonds is 24. The molecule has 0 radical (unpaired) electrons. The van der Waals surface area contributed by atoms with E-state index in [1.165, 1.54) is 0 Å². The van der Waals surface area contributed by atoms with E-state index < -0.39 is 20.0 Å². The summed E-state index contributed by atoms with van der Waals surface area (Å²) < 4.78 is 77.8. The fourth-order valence-electron chi connectivity index (χ4n) is 7.35. The smallest absolute Gasteiger partial charge is 0.215 e. The Morgan fingerprint density at radius 1 is 0.483 bits per heavy atom. The Balaban J connectivity index is 0.000000228. The first kappa shape index (κ1) is 46.4.